The Labute approximate surface area is 147 Å². The number of carbonyl (C=O) groups is 1. The molecule has 1 amide bonds. The number of carbonyl (C=O) groups excluding carboxylic acids is 1. The van der Waals surface area contributed by atoms with Crippen LogP contribution in [-0.2, 0) is 25.4 Å². The first-order valence-electron chi connectivity index (χ1n) is 8.66. The van der Waals surface area contributed by atoms with Gasteiger partial charge in [0, 0.05) is 52.3 Å². The molecule has 0 saturated carbocycles. The van der Waals surface area contributed by atoms with E-state index in [-0.39, 0.29) is 11.4 Å². The molecule has 4 rings (SSSR count). The maximum atomic E-state index is 12.6. The summed E-state index contributed by atoms with van der Waals surface area (Å²) < 4.78 is 3.82. The molecule has 8 nitrogen and oxygen atoms in total. The molecular weight excluding hydrogens is 318 g/mol. The zero-order valence-corrected chi connectivity index (χ0v) is 15.1. The van der Waals surface area contributed by atoms with Gasteiger partial charge in [0.1, 0.15) is 5.82 Å². The average molecular weight is 343 g/mol. The van der Waals surface area contributed by atoms with Crippen molar-refractivity contribution < 1.29 is 4.79 Å². The number of anilines is 1. The summed E-state index contributed by atoms with van der Waals surface area (Å²) in [6.07, 6.45) is 8.57. The van der Waals surface area contributed by atoms with Gasteiger partial charge in [0.25, 0.3) is 0 Å². The quantitative estimate of drug-likeness (QED) is 0.790. The molecule has 0 unspecified atom stereocenters. The predicted octanol–water partition coefficient (Wildman–Crippen LogP) is 0.0767. The third-order valence-electron chi connectivity index (χ3n) is 5.64. The highest BCUT2D eigenvalue weighted by molar-refractivity contribution is 5.95. The van der Waals surface area contributed by atoms with Gasteiger partial charge in [-0.2, -0.15) is 5.10 Å². The van der Waals surface area contributed by atoms with Crippen LogP contribution in [0.3, 0.4) is 0 Å². The summed E-state index contributed by atoms with van der Waals surface area (Å²) in [5.41, 5.74) is 0.886. The molecule has 2 fully saturated rings. The number of piperazine rings is 1. The second kappa shape index (κ2) is 5.96. The standard InChI is InChI=1S/C17H25N7O/c1-20-7-5-18-15(20)10-23-6-4-17(12-23)13-24(16(25)11-21(17)2)14-8-19-22(3)9-14/h5,7-9H,4,6,10-13H2,1-3H3/t17-/m0/s1. The van der Waals surface area contributed by atoms with Gasteiger partial charge in [-0.25, -0.2) is 4.98 Å². The molecule has 0 bridgehead atoms. The first-order valence-corrected chi connectivity index (χ1v) is 8.66. The van der Waals surface area contributed by atoms with Crippen molar-refractivity contribution in [3.05, 3.63) is 30.6 Å². The number of rotatable bonds is 3. The summed E-state index contributed by atoms with van der Waals surface area (Å²) >= 11 is 0. The largest absolute Gasteiger partial charge is 0.337 e. The number of aryl methyl sites for hydroxylation is 2. The highest BCUT2D eigenvalue weighted by atomic mass is 16.2. The van der Waals surface area contributed by atoms with E-state index in [2.05, 4.69) is 31.5 Å². The number of hydrogen-bond donors (Lipinski definition) is 0. The Hall–Kier alpha value is -2.19. The van der Waals surface area contributed by atoms with Crippen LogP contribution >= 0.6 is 0 Å². The van der Waals surface area contributed by atoms with Crippen LogP contribution in [0.25, 0.3) is 0 Å². The van der Waals surface area contributed by atoms with Crippen molar-refractivity contribution in [3.8, 4) is 0 Å². The number of likely N-dealkylation sites (N-methyl/N-ethyl adjacent to an activating group) is 1. The fourth-order valence-corrected chi connectivity index (χ4v) is 4.01. The van der Waals surface area contributed by atoms with E-state index in [0.717, 1.165) is 37.6 Å². The van der Waals surface area contributed by atoms with Gasteiger partial charge in [-0.05, 0) is 13.5 Å². The maximum absolute atomic E-state index is 12.6. The van der Waals surface area contributed by atoms with Gasteiger partial charge in [0.2, 0.25) is 5.91 Å². The first-order chi connectivity index (χ1) is 12.0. The Bertz CT molecular complexity index is 782. The summed E-state index contributed by atoms with van der Waals surface area (Å²) in [5.74, 6) is 1.22. The Kier molecular flexibility index (Phi) is 3.88. The molecule has 2 aliphatic rings. The molecule has 2 saturated heterocycles. The molecule has 0 aromatic carbocycles. The van der Waals surface area contributed by atoms with Gasteiger partial charge in [0.05, 0.1) is 30.5 Å². The fraction of sp³-hybridized carbons (Fsp3) is 0.588. The van der Waals surface area contributed by atoms with Gasteiger partial charge >= 0.3 is 0 Å². The fourth-order valence-electron chi connectivity index (χ4n) is 4.01. The third kappa shape index (κ3) is 2.85. The van der Waals surface area contributed by atoms with Gasteiger partial charge in [0.15, 0.2) is 0 Å². The summed E-state index contributed by atoms with van der Waals surface area (Å²) in [6.45, 7) is 3.98. The lowest BCUT2D eigenvalue weighted by Gasteiger charge is -2.46. The van der Waals surface area contributed by atoms with Crippen molar-refractivity contribution in [2.45, 2.75) is 18.5 Å². The van der Waals surface area contributed by atoms with Gasteiger partial charge in [-0.15, -0.1) is 0 Å². The number of amides is 1. The van der Waals surface area contributed by atoms with Crippen LogP contribution in [0.4, 0.5) is 5.69 Å². The average Bonchev–Trinajstić information content (AvgIpc) is 3.27. The summed E-state index contributed by atoms with van der Waals surface area (Å²) in [5, 5.41) is 4.22. The van der Waals surface area contributed by atoms with Crippen molar-refractivity contribution in [2.24, 2.45) is 14.1 Å². The summed E-state index contributed by atoms with van der Waals surface area (Å²) in [6, 6.07) is 0. The van der Waals surface area contributed by atoms with Crippen LogP contribution in [0, 0.1) is 0 Å². The normalized spacial score (nSPS) is 25.4. The van der Waals surface area contributed by atoms with E-state index < -0.39 is 0 Å². The SMILES string of the molecule is CN1CC(=O)N(c2cnn(C)c2)C[C@@]12CCN(Cc1nccn1C)C2. The van der Waals surface area contributed by atoms with Crippen LogP contribution in [0.2, 0.25) is 0 Å². The molecule has 0 N–H and O–H groups in total. The minimum Gasteiger partial charge on any atom is -0.337 e. The van der Waals surface area contributed by atoms with Crippen LogP contribution in [0.5, 0.6) is 0 Å². The highest BCUT2D eigenvalue weighted by Crippen LogP contribution is 2.33. The first kappa shape index (κ1) is 16.3. The number of aromatic nitrogens is 4. The van der Waals surface area contributed by atoms with E-state index in [0.29, 0.717) is 13.1 Å². The van der Waals surface area contributed by atoms with Crippen LogP contribution in [0.1, 0.15) is 12.2 Å². The molecule has 8 heteroatoms. The van der Waals surface area contributed by atoms with Crippen LogP contribution < -0.4 is 4.90 Å². The molecule has 1 spiro atoms. The molecule has 0 aliphatic carbocycles. The van der Waals surface area contributed by atoms with Gasteiger partial charge < -0.3 is 9.47 Å². The van der Waals surface area contributed by atoms with E-state index >= 15 is 0 Å². The topological polar surface area (TPSA) is 62.4 Å². The zero-order chi connectivity index (χ0) is 17.6. The molecule has 4 heterocycles. The number of imidazole rings is 1. The van der Waals surface area contributed by atoms with Crippen LogP contribution in [0.15, 0.2) is 24.8 Å². The van der Waals surface area contributed by atoms with Crippen molar-refractivity contribution in [1.29, 1.82) is 0 Å². The molecule has 2 aliphatic heterocycles. The van der Waals surface area contributed by atoms with E-state index in [1.54, 1.807) is 10.9 Å². The monoisotopic (exact) mass is 343 g/mol. The minimum atomic E-state index is -0.00504. The molecule has 1 atom stereocenters. The lowest BCUT2D eigenvalue weighted by atomic mass is 9.93. The second-order valence-electron chi connectivity index (χ2n) is 7.35. The molecule has 134 valence electrons. The van der Waals surface area contributed by atoms with Crippen LogP contribution in [-0.4, -0.2) is 73.8 Å². The van der Waals surface area contributed by atoms with Crippen molar-refractivity contribution in [1.82, 2.24) is 29.1 Å². The van der Waals surface area contributed by atoms with E-state index in [9.17, 15) is 4.79 Å². The Balaban J connectivity index is 1.52. The Morgan fingerprint density at radius 2 is 2.08 bits per heavy atom. The summed E-state index contributed by atoms with van der Waals surface area (Å²) in [7, 11) is 5.98. The second-order valence-corrected chi connectivity index (χ2v) is 7.35. The highest BCUT2D eigenvalue weighted by Gasteiger charge is 2.47. The maximum Gasteiger partial charge on any atom is 0.241 e. The number of likely N-dealkylation sites (tertiary alicyclic amines) is 1. The lowest BCUT2D eigenvalue weighted by molar-refractivity contribution is -0.123. The van der Waals surface area contributed by atoms with Gasteiger partial charge in [-0.3, -0.25) is 19.3 Å². The van der Waals surface area contributed by atoms with E-state index in [4.69, 9.17) is 0 Å². The molecular formula is C17H25N7O. The Morgan fingerprint density at radius 1 is 1.24 bits per heavy atom. The number of nitrogens with zero attached hydrogens (tertiary/aromatic N) is 7. The van der Waals surface area contributed by atoms with Crippen molar-refractivity contribution in [2.75, 3.05) is 38.1 Å². The minimum absolute atomic E-state index is 0.00504. The lowest BCUT2D eigenvalue weighted by Crippen LogP contribution is -2.64. The third-order valence-corrected chi connectivity index (χ3v) is 5.64. The molecule has 2 aromatic heterocycles. The van der Waals surface area contributed by atoms with Crippen molar-refractivity contribution >= 4 is 11.6 Å². The van der Waals surface area contributed by atoms with E-state index in [1.807, 2.05) is 37.6 Å². The molecule has 25 heavy (non-hydrogen) atoms. The molecule has 2 aromatic rings. The Morgan fingerprint density at radius 3 is 2.76 bits per heavy atom. The zero-order valence-electron chi connectivity index (χ0n) is 15.1. The smallest absolute Gasteiger partial charge is 0.241 e. The summed E-state index contributed by atoms with van der Waals surface area (Å²) in [4.78, 5) is 23.6. The van der Waals surface area contributed by atoms with Crippen molar-refractivity contribution in [3.63, 3.8) is 0 Å². The number of hydrogen-bond acceptors (Lipinski definition) is 5. The van der Waals surface area contributed by atoms with Gasteiger partial charge in [-0.1, -0.05) is 0 Å². The predicted molar refractivity (Wildman–Crippen MR) is 94.0 cm³/mol. The molecule has 0 radical (unpaired) electrons. The van der Waals surface area contributed by atoms with E-state index in [1.165, 1.54) is 0 Å².